The standard InChI is InChI=1S/C12H12ClN3O3/c13-12-9-7-14-15(8-3-5-19-6-4-8)10(9)1-2-11(12)16(17)18/h1-2,7-8H,3-6H2. The molecule has 0 radical (unpaired) electrons. The van der Waals surface area contributed by atoms with Crippen molar-refractivity contribution in [2.24, 2.45) is 0 Å². The van der Waals surface area contributed by atoms with Crippen LogP contribution < -0.4 is 0 Å². The average molecular weight is 282 g/mol. The molecule has 100 valence electrons. The summed E-state index contributed by atoms with van der Waals surface area (Å²) in [5.41, 5.74) is 0.753. The minimum Gasteiger partial charge on any atom is -0.381 e. The molecule has 1 aliphatic rings. The summed E-state index contributed by atoms with van der Waals surface area (Å²) in [5, 5.41) is 16.0. The number of benzene rings is 1. The first-order chi connectivity index (χ1) is 9.18. The van der Waals surface area contributed by atoms with Gasteiger partial charge in [-0.25, -0.2) is 0 Å². The monoisotopic (exact) mass is 281 g/mol. The third-order valence-corrected chi connectivity index (χ3v) is 3.83. The van der Waals surface area contributed by atoms with Crippen molar-refractivity contribution >= 4 is 28.2 Å². The van der Waals surface area contributed by atoms with Gasteiger partial charge in [-0.15, -0.1) is 0 Å². The molecule has 19 heavy (non-hydrogen) atoms. The molecule has 1 aliphatic heterocycles. The van der Waals surface area contributed by atoms with E-state index < -0.39 is 4.92 Å². The van der Waals surface area contributed by atoms with Gasteiger partial charge in [0.2, 0.25) is 0 Å². The van der Waals surface area contributed by atoms with E-state index >= 15 is 0 Å². The number of halogens is 1. The molecule has 0 unspecified atom stereocenters. The van der Waals surface area contributed by atoms with Crippen molar-refractivity contribution in [3.05, 3.63) is 33.5 Å². The van der Waals surface area contributed by atoms with E-state index in [4.69, 9.17) is 16.3 Å². The van der Waals surface area contributed by atoms with E-state index in [1.165, 1.54) is 6.07 Å². The predicted octanol–water partition coefficient (Wildman–Crippen LogP) is 2.95. The quantitative estimate of drug-likeness (QED) is 0.627. The second kappa shape index (κ2) is 4.79. The molecule has 6 nitrogen and oxygen atoms in total. The lowest BCUT2D eigenvalue weighted by Gasteiger charge is -2.23. The van der Waals surface area contributed by atoms with Crippen LogP contribution in [-0.4, -0.2) is 27.9 Å². The predicted molar refractivity (Wildman–Crippen MR) is 70.5 cm³/mol. The summed E-state index contributed by atoms with van der Waals surface area (Å²) in [5.74, 6) is 0. The topological polar surface area (TPSA) is 70.2 Å². The normalized spacial score (nSPS) is 16.9. The molecule has 0 bridgehead atoms. The van der Waals surface area contributed by atoms with Gasteiger partial charge in [0.05, 0.1) is 22.7 Å². The van der Waals surface area contributed by atoms with E-state index in [1.54, 1.807) is 12.3 Å². The second-order valence-electron chi connectivity index (χ2n) is 4.52. The molecule has 0 atom stereocenters. The van der Waals surface area contributed by atoms with Crippen molar-refractivity contribution in [1.29, 1.82) is 0 Å². The maximum absolute atomic E-state index is 10.9. The Labute approximate surface area is 114 Å². The Balaban J connectivity index is 2.08. The van der Waals surface area contributed by atoms with Gasteiger partial charge in [-0.05, 0) is 18.9 Å². The molecule has 1 aromatic carbocycles. The van der Waals surface area contributed by atoms with E-state index in [1.807, 2.05) is 4.68 Å². The van der Waals surface area contributed by atoms with Crippen LogP contribution in [0.3, 0.4) is 0 Å². The van der Waals surface area contributed by atoms with Crippen molar-refractivity contribution in [3.63, 3.8) is 0 Å². The van der Waals surface area contributed by atoms with Gasteiger partial charge in [-0.3, -0.25) is 14.8 Å². The number of hydrogen-bond donors (Lipinski definition) is 0. The van der Waals surface area contributed by atoms with E-state index in [9.17, 15) is 10.1 Å². The summed E-state index contributed by atoms with van der Waals surface area (Å²) in [7, 11) is 0. The summed E-state index contributed by atoms with van der Waals surface area (Å²) in [6.45, 7) is 1.43. The van der Waals surface area contributed by atoms with Crippen LogP contribution in [0.4, 0.5) is 5.69 Å². The summed E-state index contributed by atoms with van der Waals surface area (Å²) in [6.07, 6.45) is 3.39. The molecule has 2 aromatic rings. The number of nitro groups is 1. The first-order valence-electron chi connectivity index (χ1n) is 6.06. The fourth-order valence-electron chi connectivity index (χ4n) is 2.44. The Morgan fingerprint density at radius 3 is 2.84 bits per heavy atom. The molecule has 1 saturated heterocycles. The highest BCUT2D eigenvalue weighted by Crippen LogP contribution is 2.34. The molecular weight excluding hydrogens is 270 g/mol. The minimum atomic E-state index is -0.479. The van der Waals surface area contributed by atoms with Crippen LogP contribution >= 0.6 is 11.6 Å². The van der Waals surface area contributed by atoms with Gasteiger partial charge >= 0.3 is 0 Å². The highest BCUT2D eigenvalue weighted by molar-refractivity contribution is 6.37. The second-order valence-corrected chi connectivity index (χ2v) is 4.90. The molecule has 0 N–H and O–H groups in total. The Kier molecular flexibility index (Phi) is 3.12. The summed E-state index contributed by atoms with van der Waals surface area (Å²) in [6, 6.07) is 3.41. The van der Waals surface area contributed by atoms with Crippen LogP contribution in [-0.2, 0) is 4.74 Å². The molecule has 0 aliphatic carbocycles. The number of rotatable bonds is 2. The van der Waals surface area contributed by atoms with E-state index in [-0.39, 0.29) is 16.8 Å². The molecule has 2 heterocycles. The molecule has 0 amide bonds. The van der Waals surface area contributed by atoms with Crippen molar-refractivity contribution < 1.29 is 9.66 Å². The van der Waals surface area contributed by atoms with Crippen molar-refractivity contribution in [1.82, 2.24) is 9.78 Å². The molecule has 1 aromatic heterocycles. The molecule has 0 saturated carbocycles. The third kappa shape index (κ3) is 2.06. The Hall–Kier alpha value is -1.66. The molecule has 0 spiro atoms. The van der Waals surface area contributed by atoms with Gasteiger partial charge in [-0.1, -0.05) is 11.6 Å². The Bertz CT molecular complexity index is 634. The summed E-state index contributed by atoms with van der Waals surface area (Å²) >= 11 is 6.07. The maximum Gasteiger partial charge on any atom is 0.288 e. The molecular formula is C12H12ClN3O3. The van der Waals surface area contributed by atoms with E-state index in [0.717, 1.165) is 18.4 Å². The lowest BCUT2D eigenvalue weighted by atomic mass is 10.1. The highest BCUT2D eigenvalue weighted by Gasteiger charge is 2.22. The molecule has 1 fully saturated rings. The number of ether oxygens (including phenoxy) is 1. The number of nitrogens with zero attached hydrogens (tertiary/aromatic N) is 3. The van der Waals surface area contributed by atoms with Crippen molar-refractivity contribution in [2.45, 2.75) is 18.9 Å². The zero-order valence-corrected chi connectivity index (χ0v) is 10.8. The van der Waals surface area contributed by atoms with Gasteiger partial charge in [0.25, 0.3) is 5.69 Å². The van der Waals surface area contributed by atoms with Gasteiger partial charge in [0, 0.05) is 24.7 Å². The van der Waals surface area contributed by atoms with Gasteiger partial charge in [0.1, 0.15) is 5.02 Å². The zero-order chi connectivity index (χ0) is 13.4. The number of fused-ring (bicyclic) bond motifs is 1. The first kappa shape index (κ1) is 12.4. The van der Waals surface area contributed by atoms with Gasteiger partial charge in [-0.2, -0.15) is 5.10 Å². The van der Waals surface area contributed by atoms with Crippen LogP contribution in [0.5, 0.6) is 0 Å². The Morgan fingerprint density at radius 2 is 2.16 bits per heavy atom. The lowest BCUT2D eigenvalue weighted by Crippen LogP contribution is -2.20. The summed E-state index contributed by atoms with van der Waals surface area (Å²) < 4.78 is 7.22. The van der Waals surface area contributed by atoms with Gasteiger partial charge in [0.15, 0.2) is 0 Å². The third-order valence-electron chi connectivity index (χ3n) is 3.43. The first-order valence-corrected chi connectivity index (χ1v) is 6.44. The SMILES string of the molecule is O=[N+]([O-])c1ccc2c(cnn2C2CCOCC2)c1Cl. The average Bonchev–Trinajstić information content (AvgIpc) is 2.84. The van der Waals surface area contributed by atoms with Crippen LogP contribution in [0, 0.1) is 10.1 Å². The van der Waals surface area contributed by atoms with Crippen molar-refractivity contribution in [3.8, 4) is 0 Å². The number of hydrogen-bond acceptors (Lipinski definition) is 4. The number of aromatic nitrogens is 2. The van der Waals surface area contributed by atoms with E-state index in [2.05, 4.69) is 5.10 Å². The van der Waals surface area contributed by atoms with Crippen LogP contribution in [0.25, 0.3) is 10.9 Å². The van der Waals surface area contributed by atoms with Crippen LogP contribution in [0.15, 0.2) is 18.3 Å². The van der Waals surface area contributed by atoms with E-state index in [0.29, 0.717) is 18.6 Å². The van der Waals surface area contributed by atoms with Gasteiger partial charge < -0.3 is 4.74 Å². The molecule has 7 heteroatoms. The maximum atomic E-state index is 10.9. The van der Waals surface area contributed by atoms with Crippen LogP contribution in [0.2, 0.25) is 5.02 Å². The fourth-order valence-corrected chi connectivity index (χ4v) is 2.72. The summed E-state index contributed by atoms with van der Waals surface area (Å²) in [4.78, 5) is 10.4. The lowest BCUT2D eigenvalue weighted by molar-refractivity contribution is -0.384. The number of nitro benzene ring substituents is 1. The van der Waals surface area contributed by atoms with Crippen LogP contribution in [0.1, 0.15) is 18.9 Å². The minimum absolute atomic E-state index is 0.0827. The smallest absolute Gasteiger partial charge is 0.288 e. The largest absolute Gasteiger partial charge is 0.381 e. The van der Waals surface area contributed by atoms with Crippen molar-refractivity contribution in [2.75, 3.05) is 13.2 Å². The fraction of sp³-hybridized carbons (Fsp3) is 0.417. The Morgan fingerprint density at radius 1 is 1.42 bits per heavy atom. The highest BCUT2D eigenvalue weighted by atomic mass is 35.5. The molecule has 3 rings (SSSR count). The zero-order valence-electron chi connectivity index (χ0n) is 10.1.